The maximum atomic E-state index is 12.7. The van der Waals surface area contributed by atoms with E-state index in [1.807, 2.05) is 31.2 Å². The number of para-hydroxylation sites is 1. The van der Waals surface area contributed by atoms with Crippen LogP contribution in [0.3, 0.4) is 0 Å². The van der Waals surface area contributed by atoms with Crippen LogP contribution in [0, 0.1) is 0 Å². The Bertz CT molecular complexity index is 1280. The van der Waals surface area contributed by atoms with Gasteiger partial charge in [0.1, 0.15) is 6.54 Å². The van der Waals surface area contributed by atoms with Gasteiger partial charge < -0.3 is 14.2 Å². The van der Waals surface area contributed by atoms with Crippen LogP contribution >= 0.6 is 0 Å². The van der Waals surface area contributed by atoms with Gasteiger partial charge in [-0.25, -0.2) is 9.78 Å². The van der Waals surface area contributed by atoms with E-state index in [1.54, 1.807) is 4.90 Å². The number of hydrogen-bond donors (Lipinski definition) is 0. The molecular weight excluding hydrogens is 390 g/mol. The third kappa shape index (κ3) is 3.10. The lowest BCUT2D eigenvalue weighted by atomic mass is 10.1. The SMILES string of the molecule is C[C@H]1Cc2ccccc2N1C(=O)COC(=O)Cn1cnc2c1c(=O)n(C)c(=O)n2C. The first-order valence-electron chi connectivity index (χ1n) is 9.46. The van der Waals surface area contributed by atoms with E-state index in [0.29, 0.717) is 0 Å². The summed E-state index contributed by atoms with van der Waals surface area (Å²) in [6.45, 7) is 1.24. The minimum absolute atomic E-state index is 0.0181. The molecule has 1 amide bonds. The molecule has 0 spiro atoms. The van der Waals surface area contributed by atoms with E-state index in [-0.39, 0.29) is 29.7 Å². The summed E-state index contributed by atoms with van der Waals surface area (Å²) in [6, 6.07) is 7.62. The van der Waals surface area contributed by atoms with Crippen LogP contribution in [0.15, 0.2) is 40.2 Å². The standard InChI is InChI=1S/C20H21N5O5/c1-12-8-13-6-4-5-7-14(13)25(12)15(26)10-30-16(27)9-24-11-21-18-17(24)19(28)23(3)20(29)22(18)2/h4-7,11-12H,8-10H2,1-3H3/t12-/m0/s1. The number of aromatic nitrogens is 4. The van der Waals surface area contributed by atoms with Crippen LogP contribution in [0.25, 0.3) is 11.2 Å². The Balaban J connectivity index is 1.48. The molecule has 0 unspecified atom stereocenters. The largest absolute Gasteiger partial charge is 0.454 e. The average molecular weight is 411 g/mol. The molecule has 0 N–H and O–H groups in total. The van der Waals surface area contributed by atoms with Crippen molar-refractivity contribution in [1.82, 2.24) is 18.7 Å². The predicted molar refractivity (Wildman–Crippen MR) is 108 cm³/mol. The maximum absolute atomic E-state index is 12.7. The second kappa shape index (κ2) is 7.29. The number of carbonyl (C=O) groups excluding carboxylic acids is 2. The summed E-state index contributed by atoms with van der Waals surface area (Å²) in [7, 11) is 2.85. The van der Waals surface area contributed by atoms with E-state index in [2.05, 4.69) is 4.98 Å². The van der Waals surface area contributed by atoms with Gasteiger partial charge >= 0.3 is 11.7 Å². The van der Waals surface area contributed by atoms with Gasteiger partial charge in [0, 0.05) is 25.8 Å². The first kappa shape index (κ1) is 19.6. The summed E-state index contributed by atoms with van der Waals surface area (Å²) in [4.78, 5) is 55.1. The van der Waals surface area contributed by atoms with E-state index in [0.717, 1.165) is 22.2 Å². The molecule has 156 valence electrons. The fraction of sp³-hybridized carbons (Fsp3) is 0.350. The highest BCUT2D eigenvalue weighted by molar-refractivity contribution is 5.97. The van der Waals surface area contributed by atoms with Crippen molar-refractivity contribution in [3.05, 3.63) is 57.0 Å². The number of fused-ring (bicyclic) bond motifs is 2. The van der Waals surface area contributed by atoms with Crippen molar-refractivity contribution in [1.29, 1.82) is 0 Å². The molecule has 10 heteroatoms. The molecule has 3 aromatic rings. The first-order valence-corrected chi connectivity index (χ1v) is 9.46. The van der Waals surface area contributed by atoms with Crippen molar-refractivity contribution in [3.8, 4) is 0 Å². The molecule has 3 heterocycles. The van der Waals surface area contributed by atoms with Gasteiger partial charge in [0.2, 0.25) is 0 Å². The second-order valence-corrected chi connectivity index (χ2v) is 7.36. The third-order valence-electron chi connectivity index (χ3n) is 5.35. The van der Waals surface area contributed by atoms with Crippen LogP contribution in [0.1, 0.15) is 12.5 Å². The smallest absolute Gasteiger partial charge is 0.332 e. The minimum Gasteiger partial charge on any atom is -0.454 e. The number of hydrogen-bond acceptors (Lipinski definition) is 6. The average Bonchev–Trinajstić information content (AvgIpc) is 3.29. The van der Waals surface area contributed by atoms with Crippen LogP contribution < -0.4 is 16.1 Å². The van der Waals surface area contributed by atoms with E-state index in [1.165, 1.54) is 29.6 Å². The first-order chi connectivity index (χ1) is 14.3. The highest BCUT2D eigenvalue weighted by atomic mass is 16.5. The Kier molecular flexibility index (Phi) is 4.76. The van der Waals surface area contributed by atoms with Crippen molar-refractivity contribution in [2.45, 2.75) is 25.9 Å². The summed E-state index contributed by atoms with van der Waals surface area (Å²) >= 11 is 0. The summed E-state index contributed by atoms with van der Waals surface area (Å²) in [5, 5.41) is 0. The Labute approximate surface area is 170 Å². The third-order valence-corrected chi connectivity index (χ3v) is 5.35. The summed E-state index contributed by atoms with van der Waals surface area (Å²) < 4.78 is 8.66. The van der Waals surface area contributed by atoms with Crippen molar-refractivity contribution < 1.29 is 14.3 Å². The summed E-state index contributed by atoms with van der Waals surface area (Å²) in [5.41, 5.74) is 1.13. The molecule has 1 aliphatic heterocycles. The van der Waals surface area contributed by atoms with E-state index in [4.69, 9.17) is 4.74 Å². The molecule has 0 fully saturated rings. The van der Waals surface area contributed by atoms with Crippen molar-refractivity contribution >= 4 is 28.7 Å². The lowest BCUT2D eigenvalue weighted by Gasteiger charge is -2.22. The number of nitrogens with zero attached hydrogens (tertiary/aromatic N) is 5. The van der Waals surface area contributed by atoms with E-state index >= 15 is 0 Å². The molecule has 1 aromatic carbocycles. The number of rotatable bonds is 4. The molecule has 30 heavy (non-hydrogen) atoms. The van der Waals surface area contributed by atoms with Gasteiger partial charge in [-0.05, 0) is 25.0 Å². The molecule has 0 bridgehead atoms. The van der Waals surface area contributed by atoms with Crippen LogP contribution in [-0.2, 0) is 41.4 Å². The van der Waals surface area contributed by atoms with Gasteiger partial charge in [-0.1, -0.05) is 18.2 Å². The number of esters is 1. The van der Waals surface area contributed by atoms with Gasteiger partial charge in [0.15, 0.2) is 17.8 Å². The molecule has 10 nitrogen and oxygen atoms in total. The summed E-state index contributed by atoms with van der Waals surface area (Å²) in [6.07, 6.45) is 2.05. The minimum atomic E-state index is -0.682. The van der Waals surface area contributed by atoms with Gasteiger partial charge in [-0.3, -0.25) is 23.5 Å². The van der Waals surface area contributed by atoms with E-state index < -0.39 is 23.8 Å². The monoisotopic (exact) mass is 411 g/mol. The normalized spacial score (nSPS) is 15.4. The van der Waals surface area contributed by atoms with Crippen LogP contribution in [-0.4, -0.2) is 43.2 Å². The number of carbonyl (C=O) groups is 2. The summed E-state index contributed by atoms with van der Waals surface area (Å²) in [5.74, 6) is -0.992. The number of ether oxygens (including phenoxy) is 1. The van der Waals surface area contributed by atoms with Gasteiger partial charge in [0.05, 0.1) is 6.33 Å². The molecule has 0 radical (unpaired) electrons. The van der Waals surface area contributed by atoms with Crippen molar-refractivity contribution in [3.63, 3.8) is 0 Å². The van der Waals surface area contributed by atoms with Crippen LogP contribution in [0.4, 0.5) is 5.69 Å². The number of amides is 1. The highest BCUT2D eigenvalue weighted by Gasteiger charge is 2.31. The Morgan fingerprint density at radius 1 is 1.17 bits per heavy atom. The molecule has 1 aliphatic rings. The Morgan fingerprint density at radius 3 is 2.67 bits per heavy atom. The topological polar surface area (TPSA) is 108 Å². The molecule has 1 atom stereocenters. The number of anilines is 1. The Hall–Kier alpha value is -3.69. The zero-order valence-electron chi connectivity index (χ0n) is 16.9. The molecule has 0 aliphatic carbocycles. The van der Waals surface area contributed by atoms with Crippen molar-refractivity contribution in [2.24, 2.45) is 14.1 Å². The molecule has 2 aromatic heterocycles. The molecular formula is C20H21N5O5. The lowest BCUT2D eigenvalue weighted by molar-refractivity contribution is -0.148. The quantitative estimate of drug-likeness (QED) is 0.557. The van der Waals surface area contributed by atoms with Crippen molar-refractivity contribution in [2.75, 3.05) is 11.5 Å². The van der Waals surface area contributed by atoms with Gasteiger partial charge in [-0.15, -0.1) is 0 Å². The lowest BCUT2D eigenvalue weighted by Crippen LogP contribution is -2.39. The maximum Gasteiger partial charge on any atom is 0.332 e. The number of aryl methyl sites for hydroxylation is 1. The molecule has 0 saturated carbocycles. The Morgan fingerprint density at radius 2 is 1.90 bits per heavy atom. The fourth-order valence-corrected chi connectivity index (χ4v) is 3.86. The molecule has 4 rings (SSSR count). The van der Waals surface area contributed by atoms with Crippen LogP contribution in [0.5, 0.6) is 0 Å². The molecule has 0 saturated heterocycles. The zero-order chi connectivity index (χ0) is 21.6. The second-order valence-electron chi connectivity index (χ2n) is 7.36. The van der Waals surface area contributed by atoms with E-state index in [9.17, 15) is 19.2 Å². The fourth-order valence-electron chi connectivity index (χ4n) is 3.86. The number of imidazole rings is 1. The number of benzene rings is 1. The predicted octanol–water partition coefficient (Wildman–Crippen LogP) is -0.0453. The van der Waals surface area contributed by atoms with Crippen LogP contribution in [0.2, 0.25) is 0 Å². The van der Waals surface area contributed by atoms with Gasteiger partial charge in [0.25, 0.3) is 11.5 Å². The van der Waals surface area contributed by atoms with Gasteiger partial charge in [-0.2, -0.15) is 0 Å². The zero-order valence-corrected chi connectivity index (χ0v) is 16.9. The highest BCUT2D eigenvalue weighted by Crippen LogP contribution is 2.31.